The number of aromatic nitrogens is 2. The van der Waals surface area contributed by atoms with Crippen LogP contribution in [-0.2, 0) is 0 Å². The third kappa shape index (κ3) is 4.97. The first-order valence-corrected chi connectivity index (χ1v) is 9.37. The van der Waals surface area contributed by atoms with Gasteiger partial charge in [0.1, 0.15) is 11.6 Å². The minimum atomic E-state index is -4.90. The first-order chi connectivity index (χ1) is 15.3. The highest BCUT2D eigenvalue weighted by atomic mass is 19.4. The standard InChI is InChI=1S/C24H14F4N2O2/c25-20-14-18(32-24(26,27)28)7-8-19(20)16-3-5-17(6-4-16)23(31)10-2-15-1-9-21-22(13-15)30-12-11-29-21/h1-14H/b10-2+. The van der Waals surface area contributed by atoms with E-state index in [-0.39, 0.29) is 11.3 Å². The Kier molecular flexibility index (Phi) is 5.68. The molecule has 0 N–H and O–H groups in total. The highest BCUT2D eigenvalue weighted by molar-refractivity contribution is 6.07. The zero-order chi connectivity index (χ0) is 22.7. The highest BCUT2D eigenvalue weighted by Gasteiger charge is 2.31. The van der Waals surface area contributed by atoms with E-state index in [0.29, 0.717) is 22.7 Å². The van der Waals surface area contributed by atoms with Gasteiger partial charge < -0.3 is 4.74 Å². The summed E-state index contributed by atoms with van der Waals surface area (Å²) in [5.41, 5.74) is 3.12. The van der Waals surface area contributed by atoms with Crippen molar-refractivity contribution in [2.24, 2.45) is 0 Å². The minimum absolute atomic E-state index is 0.0892. The van der Waals surface area contributed by atoms with E-state index >= 15 is 0 Å². The molecule has 8 heteroatoms. The largest absolute Gasteiger partial charge is 0.573 e. The third-order valence-electron chi connectivity index (χ3n) is 4.58. The number of fused-ring (bicyclic) bond motifs is 1. The fraction of sp³-hybridized carbons (Fsp3) is 0.0417. The molecule has 1 aromatic heterocycles. The third-order valence-corrected chi connectivity index (χ3v) is 4.58. The van der Waals surface area contributed by atoms with E-state index in [1.165, 1.54) is 36.4 Å². The zero-order valence-electron chi connectivity index (χ0n) is 16.3. The van der Waals surface area contributed by atoms with E-state index < -0.39 is 17.9 Å². The number of ketones is 1. The minimum Gasteiger partial charge on any atom is -0.406 e. The Morgan fingerprint density at radius 2 is 1.59 bits per heavy atom. The Labute approximate surface area is 179 Å². The van der Waals surface area contributed by atoms with Crippen LogP contribution >= 0.6 is 0 Å². The average Bonchev–Trinajstić information content (AvgIpc) is 2.76. The van der Waals surface area contributed by atoms with Gasteiger partial charge in [-0.15, -0.1) is 13.2 Å². The summed E-state index contributed by atoms with van der Waals surface area (Å²) in [5, 5.41) is 0. The van der Waals surface area contributed by atoms with Crippen LogP contribution in [0.25, 0.3) is 28.2 Å². The molecule has 4 nitrogen and oxygen atoms in total. The van der Waals surface area contributed by atoms with Crippen LogP contribution in [0.3, 0.4) is 0 Å². The summed E-state index contributed by atoms with van der Waals surface area (Å²) in [6.07, 6.45) is 1.35. The SMILES string of the molecule is O=C(/C=C/c1ccc2nccnc2c1)c1ccc(-c2ccc(OC(F)(F)F)cc2F)cc1. The summed E-state index contributed by atoms with van der Waals surface area (Å²) in [4.78, 5) is 20.9. The van der Waals surface area contributed by atoms with Crippen LogP contribution in [0.5, 0.6) is 5.75 Å². The molecule has 0 aliphatic carbocycles. The van der Waals surface area contributed by atoms with Gasteiger partial charge in [-0.1, -0.05) is 36.4 Å². The number of alkyl halides is 3. The van der Waals surface area contributed by atoms with Gasteiger partial charge in [0.15, 0.2) is 5.78 Å². The average molecular weight is 438 g/mol. The summed E-state index contributed by atoms with van der Waals surface area (Å²) in [7, 11) is 0. The van der Waals surface area contributed by atoms with Gasteiger partial charge in [0.2, 0.25) is 0 Å². The summed E-state index contributed by atoms with van der Waals surface area (Å²) in [6, 6.07) is 14.4. The molecular weight excluding hydrogens is 424 g/mol. The molecule has 32 heavy (non-hydrogen) atoms. The molecule has 0 unspecified atom stereocenters. The van der Waals surface area contributed by atoms with Crippen LogP contribution in [0.1, 0.15) is 15.9 Å². The van der Waals surface area contributed by atoms with E-state index in [2.05, 4.69) is 14.7 Å². The summed E-state index contributed by atoms with van der Waals surface area (Å²) in [5.74, 6) is -1.77. The van der Waals surface area contributed by atoms with Crippen molar-refractivity contribution in [1.82, 2.24) is 9.97 Å². The van der Waals surface area contributed by atoms with Crippen molar-refractivity contribution in [2.75, 3.05) is 0 Å². The van der Waals surface area contributed by atoms with Gasteiger partial charge in [-0.05, 0) is 41.5 Å². The van der Waals surface area contributed by atoms with Crippen LogP contribution in [0, 0.1) is 5.82 Å². The number of hydrogen-bond donors (Lipinski definition) is 0. The summed E-state index contributed by atoms with van der Waals surface area (Å²) >= 11 is 0. The van der Waals surface area contributed by atoms with Gasteiger partial charge in [0, 0.05) is 29.6 Å². The monoisotopic (exact) mass is 438 g/mol. The molecule has 4 aromatic rings. The zero-order valence-corrected chi connectivity index (χ0v) is 16.3. The summed E-state index contributed by atoms with van der Waals surface area (Å²) < 4.78 is 54.8. The fourth-order valence-electron chi connectivity index (χ4n) is 3.09. The second-order valence-corrected chi connectivity index (χ2v) is 6.77. The molecule has 0 saturated heterocycles. The maximum atomic E-state index is 14.3. The Morgan fingerprint density at radius 1 is 0.875 bits per heavy atom. The number of halogens is 4. The number of allylic oxidation sites excluding steroid dienone is 1. The Morgan fingerprint density at radius 3 is 2.28 bits per heavy atom. The van der Waals surface area contributed by atoms with Crippen molar-refractivity contribution in [1.29, 1.82) is 0 Å². The van der Waals surface area contributed by atoms with Crippen LogP contribution in [0.2, 0.25) is 0 Å². The van der Waals surface area contributed by atoms with Crippen molar-refractivity contribution < 1.29 is 27.1 Å². The molecule has 0 spiro atoms. The molecule has 1 heterocycles. The van der Waals surface area contributed by atoms with Gasteiger partial charge in [0.25, 0.3) is 0 Å². The molecule has 0 aliphatic heterocycles. The lowest BCUT2D eigenvalue weighted by Crippen LogP contribution is -2.17. The maximum absolute atomic E-state index is 14.3. The predicted molar refractivity (Wildman–Crippen MR) is 111 cm³/mol. The molecule has 0 fully saturated rings. The van der Waals surface area contributed by atoms with Crippen molar-refractivity contribution in [3.05, 3.63) is 96.1 Å². The Hall–Kier alpha value is -4.07. The quantitative estimate of drug-likeness (QED) is 0.211. The lowest BCUT2D eigenvalue weighted by atomic mass is 10.0. The van der Waals surface area contributed by atoms with Gasteiger partial charge in [0.05, 0.1) is 11.0 Å². The molecule has 0 aliphatic rings. The first-order valence-electron chi connectivity index (χ1n) is 9.37. The van der Waals surface area contributed by atoms with E-state index in [1.54, 1.807) is 24.5 Å². The Balaban J connectivity index is 1.49. The normalized spacial score (nSPS) is 11.8. The van der Waals surface area contributed by atoms with Crippen molar-refractivity contribution >= 4 is 22.9 Å². The lowest BCUT2D eigenvalue weighted by molar-refractivity contribution is -0.274. The smallest absolute Gasteiger partial charge is 0.406 e. The second-order valence-electron chi connectivity index (χ2n) is 6.77. The molecule has 0 bridgehead atoms. The molecular formula is C24H14F4N2O2. The van der Waals surface area contributed by atoms with E-state index in [9.17, 15) is 22.4 Å². The number of carbonyl (C=O) groups excluding carboxylic acids is 1. The van der Waals surface area contributed by atoms with Crippen LogP contribution in [0.15, 0.2) is 79.1 Å². The van der Waals surface area contributed by atoms with E-state index in [1.807, 2.05) is 12.1 Å². The van der Waals surface area contributed by atoms with E-state index in [4.69, 9.17) is 0 Å². The highest BCUT2D eigenvalue weighted by Crippen LogP contribution is 2.29. The molecule has 0 saturated carbocycles. The lowest BCUT2D eigenvalue weighted by Gasteiger charge is -2.10. The summed E-state index contributed by atoms with van der Waals surface area (Å²) in [6.45, 7) is 0. The molecule has 0 radical (unpaired) electrons. The van der Waals surface area contributed by atoms with Gasteiger partial charge in [-0.2, -0.15) is 0 Å². The molecule has 0 amide bonds. The second kappa shape index (κ2) is 8.58. The predicted octanol–water partition coefficient (Wildman–Crippen LogP) is 6.23. The number of benzene rings is 3. The van der Waals surface area contributed by atoms with Crippen molar-refractivity contribution in [3.8, 4) is 16.9 Å². The number of rotatable bonds is 5. The number of hydrogen-bond acceptors (Lipinski definition) is 4. The van der Waals surface area contributed by atoms with Gasteiger partial charge in [-0.25, -0.2) is 4.39 Å². The fourth-order valence-corrected chi connectivity index (χ4v) is 3.09. The number of ether oxygens (including phenoxy) is 1. The first kappa shape index (κ1) is 21.2. The molecule has 160 valence electrons. The van der Waals surface area contributed by atoms with Crippen LogP contribution < -0.4 is 4.74 Å². The molecule has 4 rings (SSSR count). The van der Waals surface area contributed by atoms with Crippen molar-refractivity contribution in [2.45, 2.75) is 6.36 Å². The van der Waals surface area contributed by atoms with Crippen LogP contribution in [0.4, 0.5) is 17.6 Å². The van der Waals surface area contributed by atoms with Gasteiger partial charge in [-0.3, -0.25) is 14.8 Å². The maximum Gasteiger partial charge on any atom is 0.573 e. The molecule has 0 atom stereocenters. The topological polar surface area (TPSA) is 52.1 Å². The number of carbonyl (C=O) groups is 1. The van der Waals surface area contributed by atoms with Gasteiger partial charge >= 0.3 is 6.36 Å². The van der Waals surface area contributed by atoms with Crippen LogP contribution in [-0.4, -0.2) is 22.1 Å². The van der Waals surface area contributed by atoms with Crippen molar-refractivity contribution in [3.63, 3.8) is 0 Å². The van der Waals surface area contributed by atoms with E-state index in [0.717, 1.165) is 17.1 Å². The molecule has 3 aromatic carbocycles. The number of nitrogens with zero attached hydrogens (tertiary/aromatic N) is 2. The Bertz CT molecular complexity index is 1320.